The van der Waals surface area contributed by atoms with Crippen molar-refractivity contribution in [2.45, 2.75) is 26.3 Å². The van der Waals surface area contributed by atoms with Gasteiger partial charge in [0.25, 0.3) is 0 Å². The second kappa shape index (κ2) is 4.23. The van der Waals surface area contributed by atoms with E-state index in [4.69, 9.17) is 4.84 Å². The fourth-order valence-electron chi connectivity index (χ4n) is 1.11. The summed E-state index contributed by atoms with van der Waals surface area (Å²) in [6, 6.07) is 0. The Labute approximate surface area is 72.3 Å². The molecule has 2 N–H and O–H groups in total. The van der Waals surface area contributed by atoms with Crippen LogP contribution >= 0.6 is 0 Å². The zero-order chi connectivity index (χ0) is 8.97. The molecule has 0 radical (unpaired) electrons. The minimum atomic E-state index is 0.473. The average molecular weight is 169 g/mol. The van der Waals surface area contributed by atoms with Crippen molar-refractivity contribution in [3.63, 3.8) is 0 Å². The van der Waals surface area contributed by atoms with Crippen LogP contribution in [0.5, 0.6) is 0 Å². The summed E-state index contributed by atoms with van der Waals surface area (Å²) >= 11 is 0. The number of hydrogen-bond acceptors (Lipinski definition) is 3. The molecule has 0 atom stereocenters. The van der Waals surface area contributed by atoms with Gasteiger partial charge in [0.1, 0.15) is 0 Å². The standard InChI is InChI=1S/C8H15N3O/c1-6(2)8-7(4-9-11-8)5-10-12-3/h4,6,10H,5H2,1-3H3,(H,9,11). The van der Waals surface area contributed by atoms with E-state index >= 15 is 0 Å². The predicted octanol–water partition coefficient (Wildman–Crippen LogP) is 1.18. The first kappa shape index (κ1) is 9.22. The summed E-state index contributed by atoms with van der Waals surface area (Å²) in [6.45, 7) is 4.95. The lowest BCUT2D eigenvalue weighted by Crippen LogP contribution is -2.11. The van der Waals surface area contributed by atoms with Gasteiger partial charge in [0.15, 0.2) is 0 Å². The number of rotatable bonds is 4. The number of aromatic nitrogens is 2. The van der Waals surface area contributed by atoms with Gasteiger partial charge in [-0.05, 0) is 5.92 Å². The van der Waals surface area contributed by atoms with Crippen molar-refractivity contribution in [2.75, 3.05) is 7.11 Å². The molecule has 4 nitrogen and oxygen atoms in total. The molecule has 0 amide bonds. The van der Waals surface area contributed by atoms with E-state index in [0.717, 1.165) is 5.56 Å². The number of hydrogen-bond donors (Lipinski definition) is 2. The van der Waals surface area contributed by atoms with Crippen LogP contribution in [0.2, 0.25) is 0 Å². The summed E-state index contributed by atoms with van der Waals surface area (Å²) in [5.41, 5.74) is 5.11. The number of nitrogens with one attached hydrogen (secondary N) is 2. The van der Waals surface area contributed by atoms with Crippen molar-refractivity contribution in [3.8, 4) is 0 Å². The van der Waals surface area contributed by atoms with E-state index < -0.39 is 0 Å². The van der Waals surface area contributed by atoms with Gasteiger partial charge in [-0.25, -0.2) is 0 Å². The first-order valence-corrected chi connectivity index (χ1v) is 4.03. The van der Waals surface area contributed by atoms with Crippen molar-refractivity contribution >= 4 is 0 Å². The van der Waals surface area contributed by atoms with E-state index in [1.807, 2.05) is 6.20 Å². The average Bonchev–Trinajstić information content (AvgIpc) is 2.48. The van der Waals surface area contributed by atoms with Crippen LogP contribution in [0.4, 0.5) is 0 Å². The maximum atomic E-state index is 4.76. The summed E-state index contributed by atoms with van der Waals surface area (Å²) in [5.74, 6) is 0.473. The fraction of sp³-hybridized carbons (Fsp3) is 0.625. The molecule has 12 heavy (non-hydrogen) atoms. The molecule has 1 rings (SSSR count). The van der Waals surface area contributed by atoms with Gasteiger partial charge in [-0.2, -0.15) is 10.6 Å². The molecule has 4 heteroatoms. The van der Waals surface area contributed by atoms with Crippen LogP contribution in [-0.2, 0) is 11.4 Å². The molecule has 0 bridgehead atoms. The quantitative estimate of drug-likeness (QED) is 0.665. The van der Waals surface area contributed by atoms with Crippen LogP contribution in [0.3, 0.4) is 0 Å². The Kier molecular flexibility index (Phi) is 3.25. The van der Waals surface area contributed by atoms with Crippen LogP contribution in [0, 0.1) is 0 Å². The van der Waals surface area contributed by atoms with Crippen molar-refractivity contribution in [2.24, 2.45) is 0 Å². The van der Waals surface area contributed by atoms with Gasteiger partial charge in [-0.1, -0.05) is 13.8 Å². The third-order valence-corrected chi connectivity index (χ3v) is 1.74. The molecule has 0 saturated carbocycles. The third kappa shape index (κ3) is 2.06. The molecule has 0 aliphatic rings. The van der Waals surface area contributed by atoms with E-state index in [0.29, 0.717) is 12.5 Å². The normalized spacial score (nSPS) is 11.0. The Hall–Kier alpha value is -0.870. The summed E-state index contributed by atoms with van der Waals surface area (Å²) < 4.78 is 0. The molecule has 68 valence electrons. The Morgan fingerprint density at radius 1 is 1.67 bits per heavy atom. The molecule has 0 saturated heterocycles. The first-order chi connectivity index (χ1) is 5.75. The monoisotopic (exact) mass is 169 g/mol. The van der Waals surface area contributed by atoms with E-state index in [9.17, 15) is 0 Å². The zero-order valence-electron chi connectivity index (χ0n) is 7.72. The van der Waals surface area contributed by atoms with Crippen LogP contribution in [0.15, 0.2) is 6.20 Å². The van der Waals surface area contributed by atoms with Crippen molar-refractivity contribution in [1.82, 2.24) is 15.7 Å². The van der Waals surface area contributed by atoms with Gasteiger partial charge in [-0.15, -0.1) is 0 Å². The SMILES string of the molecule is CONCc1cn[nH]c1C(C)C. The van der Waals surface area contributed by atoms with Gasteiger partial charge in [-0.3, -0.25) is 5.10 Å². The lowest BCUT2D eigenvalue weighted by atomic mass is 10.1. The Balaban J connectivity index is 2.64. The summed E-state index contributed by atoms with van der Waals surface area (Å²) in [4.78, 5) is 4.76. The van der Waals surface area contributed by atoms with E-state index in [2.05, 4.69) is 29.5 Å². The molecular formula is C8H15N3O. The van der Waals surface area contributed by atoms with Crippen molar-refractivity contribution < 1.29 is 4.84 Å². The highest BCUT2D eigenvalue weighted by Gasteiger charge is 2.07. The minimum absolute atomic E-state index is 0.473. The largest absolute Gasteiger partial charge is 0.305 e. The number of aromatic amines is 1. The highest BCUT2D eigenvalue weighted by atomic mass is 16.6. The Bertz CT molecular complexity index is 232. The Morgan fingerprint density at radius 2 is 2.42 bits per heavy atom. The molecule has 1 aromatic heterocycles. The maximum Gasteiger partial charge on any atom is 0.0572 e. The third-order valence-electron chi connectivity index (χ3n) is 1.74. The van der Waals surface area contributed by atoms with Crippen LogP contribution < -0.4 is 5.48 Å². The highest BCUT2D eigenvalue weighted by molar-refractivity contribution is 5.18. The second-order valence-corrected chi connectivity index (χ2v) is 2.99. The van der Waals surface area contributed by atoms with Gasteiger partial charge < -0.3 is 4.84 Å². The Morgan fingerprint density at radius 3 is 3.00 bits per heavy atom. The van der Waals surface area contributed by atoms with E-state index in [1.54, 1.807) is 7.11 Å². The molecule has 0 fully saturated rings. The minimum Gasteiger partial charge on any atom is -0.305 e. The summed E-state index contributed by atoms with van der Waals surface area (Å²) in [5, 5.41) is 6.94. The lowest BCUT2D eigenvalue weighted by molar-refractivity contribution is 0.0865. The molecule has 0 aromatic carbocycles. The smallest absolute Gasteiger partial charge is 0.0572 e. The molecule has 0 unspecified atom stereocenters. The topological polar surface area (TPSA) is 49.9 Å². The van der Waals surface area contributed by atoms with Gasteiger partial charge in [0, 0.05) is 17.8 Å². The second-order valence-electron chi connectivity index (χ2n) is 2.99. The summed E-state index contributed by atoms with van der Waals surface area (Å²) in [6.07, 6.45) is 1.82. The summed E-state index contributed by atoms with van der Waals surface area (Å²) in [7, 11) is 1.61. The number of H-pyrrole nitrogens is 1. The van der Waals surface area contributed by atoms with Crippen LogP contribution in [-0.4, -0.2) is 17.3 Å². The number of nitrogens with zero attached hydrogens (tertiary/aromatic N) is 1. The molecule has 0 spiro atoms. The predicted molar refractivity (Wildman–Crippen MR) is 46.5 cm³/mol. The fourth-order valence-corrected chi connectivity index (χ4v) is 1.11. The van der Waals surface area contributed by atoms with Gasteiger partial charge in [0.05, 0.1) is 13.3 Å². The molecule has 1 aromatic rings. The molecular weight excluding hydrogens is 154 g/mol. The molecule has 1 heterocycles. The first-order valence-electron chi connectivity index (χ1n) is 4.03. The lowest BCUT2D eigenvalue weighted by Gasteiger charge is -2.05. The zero-order valence-corrected chi connectivity index (χ0v) is 7.72. The number of hydroxylamine groups is 1. The van der Waals surface area contributed by atoms with Crippen LogP contribution in [0.25, 0.3) is 0 Å². The van der Waals surface area contributed by atoms with Gasteiger partial charge >= 0.3 is 0 Å². The van der Waals surface area contributed by atoms with E-state index in [-0.39, 0.29) is 0 Å². The molecule has 0 aliphatic heterocycles. The van der Waals surface area contributed by atoms with Crippen LogP contribution in [0.1, 0.15) is 31.0 Å². The molecule has 0 aliphatic carbocycles. The van der Waals surface area contributed by atoms with Crippen molar-refractivity contribution in [3.05, 3.63) is 17.5 Å². The van der Waals surface area contributed by atoms with Crippen molar-refractivity contribution in [1.29, 1.82) is 0 Å². The maximum absolute atomic E-state index is 4.76. The van der Waals surface area contributed by atoms with E-state index in [1.165, 1.54) is 5.69 Å². The van der Waals surface area contributed by atoms with Gasteiger partial charge in [0.2, 0.25) is 0 Å². The highest BCUT2D eigenvalue weighted by Crippen LogP contribution is 2.15.